The molecule has 1 atom stereocenters. The molecule has 0 spiro atoms. The fourth-order valence-electron chi connectivity index (χ4n) is 4.10. The topological polar surface area (TPSA) is 52.7 Å². The molecule has 7 heteroatoms. The van der Waals surface area contributed by atoms with E-state index in [9.17, 15) is 14.0 Å². The first-order valence-electron chi connectivity index (χ1n) is 10.6. The Morgan fingerprint density at radius 2 is 1.83 bits per heavy atom. The number of hydrogen-bond acceptors (Lipinski definition) is 4. The molecule has 0 aromatic heterocycles. The van der Waals surface area contributed by atoms with Gasteiger partial charge in [0, 0.05) is 25.3 Å². The second kappa shape index (κ2) is 11.0. The normalized spacial score (nSPS) is 21.2. The van der Waals surface area contributed by atoms with E-state index >= 15 is 0 Å². The van der Waals surface area contributed by atoms with Gasteiger partial charge in [-0.15, -0.1) is 11.8 Å². The molecular formula is C22H32FN3O2S. The molecule has 5 nitrogen and oxygen atoms in total. The number of likely N-dealkylation sites (tertiary alicyclic amines) is 2. The minimum Gasteiger partial charge on any atom is -0.342 e. The van der Waals surface area contributed by atoms with Crippen LogP contribution in [0.4, 0.5) is 10.1 Å². The summed E-state index contributed by atoms with van der Waals surface area (Å²) >= 11 is 1.33. The number of hydrogen-bond donors (Lipinski definition) is 1. The Bertz CT molecular complexity index is 677. The van der Waals surface area contributed by atoms with Gasteiger partial charge in [0.05, 0.1) is 11.5 Å². The highest BCUT2D eigenvalue weighted by atomic mass is 32.2. The minimum absolute atomic E-state index is 0.126. The number of halogens is 1. The predicted molar refractivity (Wildman–Crippen MR) is 116 cm³/mol. The maximum absolute atomic E-state index is 12.9. The van der Waals surface area contributed by atoms with Crippen LogP contribution >= 0.6 is 11.8 Å². The number of carbonyl (C=O) groups is 2. The van der Waals surface area contributed by atoms with E-state index in [0.29, 0.717) is 17.4 Å². The quantitative estimate of drug-likeness (QED) is 0.733. The second-order valence-corrected chi connectivity index (χ2v) is 9.36. The summed E-state index contributed by atoms with van der Waals surface area (Å²) in [5.74, 6) is 1.56. The van der Waals surface area contributed by atoms with Crippen molar-refractivity contribution in [2.45, 2.75) is 32.6 Å². The molecule has 0 saturated carbocycles. The number of anilines is 1. The summed E-state index contributed by atoms with van der Waals surface area (Å²) in [6.07, 6.45) is 4.83. The molecule has 1 N–H and O–H groups in total. The Morgan fingerprint density at radius 3 is 2.55 bits per heavy atom. The number of carbonyl (C=O) groups excluding carboxylic acids is 2. The number of amides is 2. The third-order valence-corrected chi connectivity index (χ3v) is 6.77. The van der Waals surface area contributed by atoms with E-state index < -0.39 is 0 Å². The lowest BCUT2D eigenvalue weighted by Crippen LogP contribution is -2.45. The van der Waals surface area contributed by atoms with Crippen molar-refractivity contribution >= 4 is 29.3 Å². The summed E-state index contributed by atoms with van der Waals surface area (Å²) in [6.45, 7) is 7.47. The molecule has 1 aromatic carbocycles. The molecular weight excluding hydrogens is 389 g/mol. The van der Waals surface area contributed by atoms with Crippen molar-refractivity contribution in [3.05, 3.63) is 30.1 Å². The van der Waals surface area contributed by atoms with Crippen LogP contribution in [0.2, 0.25) is 0 Å². The van der Waals surface area contributed by atoms with Gasteiger partial charge in [0.1, 0.15) is 5.82 Å². The highest BCUT2D eigenvalue weighted by Crippen LogP contribution is 2.22. The van der Waals surface area contributed by atoms with E-state index in [4.69, 9.17) is 0 Å². The van der Waals surface area contributed by atoms with E-state index in [-0.39, 0.29) is 23.4 Å². The van der Waals surface area contributed by atoms with Gasteiger partial charge in [-0.25, -0.2) is 4.39 Å². The van der Waals surface area contributed by atoms with Crippen LogP contribution in [-0.2, 0) is 9.59 Å². The van der Waals surface area contributed by atoms with Crippen molar-refractivity contribution in [1.82, 2.24) is 9.80 Å². The molecule has 2 saturated heterocycles. The van der Waals surface area contributed by atoms with E-state index in [0.717, 1.165) is 32.0 Å². The predicted octanol–water partition coefficient (Wildman–Crippen LogP) is 3.47. The molecule has 2 amide bonds. The zero-order chi connectivity index (χ0) is 20.6. The summed E-state index contributed by atoms with van der Waals surface area (Å²) < 4.78 is 12.9. The molecule has 2 aliphatic rings. The average Bonchev–Trinajstić information content (AvgIpc) is 2.71. The summed E-state index contributed by atoms with van der Waals surface area (Å²) in [6, 6.07) is 5.67. The number of nitrogens with zero attached hydrogens (tertiary/aromatic N) is 2. The van der Waals surface area contributed by atoms with Crippen LogP contribution in [0.5, 0.6) is 0 Å². The van der Waals surface area contributed by atoms with Crippen molar-refractivity contribution in [1.29, 1.82) is 0 Å². The van der Waals surface area contributed by atoms with Crippen LogP contribution in [0.15, 0.2) is 24.3 Å². The molecule has 2 aliphatic heterocycles. The number of piperidine rings is 2. The molecule has 1 aromatic rings. The van der Waals surface area contributed by atoms with Gasteiger partial charge in [-0.2, -0.15) is 0 Å². The van der Waals surface area contributed by atoms with Crippen molar-refractivity contribution in [3.63, 3.8) is 0 Å². The largest absolute Gasteiger partial charge is 0.342 e. The van der Waals surface area contributed by atoms with Crippen LogP contribution in [0.25, 0.3) is 0 Å². The van der Waals surface area contributed by atoms with Crippen LogP contribution in [0.3, 0.4) is 0 Å². The van der Waals surface area contributed by atoms with Crippen molar-refractivity contribution in [2.75, 3.05) is 49.5 Å². The van der Waals surface area contributed by atoms with E-state index in [2.05, 4.69) is 17.1 Å². The number of benzene rings is 1. The Morgan fingerprint density at radius 1 is 1.10 bits per heavy atom. The van der Waals surface area contributed by atoms with Gasteiger partial charge >= 0.3 is 0 Å². The number of thioether (sulfide) groups is 1. The molecule has 160 valence electrons. The van der Waals surface area contributed by atoms with E-state index in [1.54, 1.807) is 0 Å². The Balaban J connectivity index is 1.35. The van der Waals surface area contributed by atoms with Gasteiger partial charge in [0.2, 0.25) is 11.8 Å². The fourth-order valence-corrected chi connectivity index (χ4v) is 4.82. The highest BCUT2D eigenvalue weighted by molar-refractivity contribution is 8.00. The monoisotopic (exact) mass is 421 g/mol. The summed E-state index contributed by atoms with van der Waals surface area (Å²) in [5, 5.41) is 2.72. The first kappa shape index (κ1) is 22.1. The second-order valence-electron chi connectivity index (χ2n) is 8.38. The third-order valence-electron chi connectivity index (χ3n) is 5.85. The standard InChI is InChI=1S/C22H32FN3O2S/c1-17-8-11-25(12-9-17)13-18-3-2-10-26(14-18)22(28)16-29-15-21(27)24-20-6-4-19(23)5-7-20/h4-7,17-18H,2-3,8-16H2,1H3,(H,24,27). The highest BCUT2D eigenvalue weighted by Gasteiger charge is 2.26. The SMILES string of the molecule is CC1CCN(CC2CCCN(C(=O)CSCC(=O)Nc3ccc(F)cc3)C2)CC1. The van der Waals surface area contributed by atoms with E-state index in [1.165, 1.54) is 68.4 Å². The Hall–Kier alpha value is -1.60. The van der Waals surface area contributed by atoms with Crippen LogP contribution < -0.4 is 5.32 Å². The van der Waals surface area contributed by atoms with Crippen molar-refractivity contribution in [2.24, 2.45) is 11.8 Å². The van der Waals surface area contributed by atoms with Gasteiger partial charge in [-0.1, -0.05) is 6.92 Å². The molecule has 0 bridgehead atoms. The van der Waals surface area contributed by atoms with Crippen LogP contribution in [-0.4, -0.2) is 65.8 Å². The summed E-state index contributed by atoms with van der Waals surface area (Å²) in [4.78, 5) is 29.1. The molecule has 0 radical (unpaired) electrons. The maximum atomic E-state index is 12.9. The number of rotatable bonds is 7. The molecule has 2 fully saturated rings. The third kappa shape index (κ3) is 7.30. The maximum Gasteiger partial charge on any atom is 0.234 e. The molecule has 1 unspecified atom stereocenters. The molecule has 0 aliphatic carbocycles. The average molecular weight is 422 g/mol. The van der Waals surface area contributed by atoms with Crippen LogP contribution in [0.1, 0.15) is 32.6 Å². The van der Waals surface area contributed by atoms with Crippen molar-refractivity contribution in [3.8, 4) is 0 Å². The van der Waals surface area contributed by atoms with Gasteiger partial charge in [-0.3, -0.25) is 9.59 Å². The zero-order valence-electron chi connectivity index (χ0n) is 17.2. The lowest BCUT2D eigenvalue weighted by Gasteiger charge is -2.37. The van der Waals surface area contributed by atoms with Crippen LogP contribution in [0, 0.1) is 17.7 Å². The molecule has 29 heavy (non-hydrogen) atoms. The summed E-state index contributed by atoms with van der Waals surface area (Å²) in [5.41, 5.74) is 0.564. The first-order chi connectivity index (χ1) is 14.0. The minimum atomic E-state index is -0.336. The Labute approximate surface area is 177 Å². The summed E-state index contributed by atoms with van der Waals surface area (Å²) in [7, 11) is 0. The zero-order valence-corrected chi connectivity index (χ0v) is 18.1. The van der Waals surface area contributed by atoms with Crippen molar-refractivity contribution < 1.29 is 14.0 Å². The first-order valence-corrected chi connectivity index (χ1v) is 11.8. The van der Waals surface area contributed by atoms with Gasteiger partial charge in [-0.05, 0) is 74.9 Å². The van der Waals surface area contributed by atoms with Gasteiger partial charge < -0.3 is 15.1 Å². The molecule has 2 heterocycles. The molecule has 3 rings (SSSR count). The lowest BCUT2D eigenvalue weighted by molar-refractivity contribution is -0.130. The van der Waals surface area contributed by atoms with Gasteiger partial charge in [0.15, 0.2) is 0 Å². The van der Waals surface area contributed by atoms with E-state index in [1.807, 2.05) is 4.90 Å². The fraction of sp³-hybridized carbons (Fsp3) is 0.636. The smallest absolute Gasteiger partial charge is 0.234 e. The number of nitrogens with one attached hydrogen (secondary N) is 1. The lowest BCUT2D eigenvalue weighted by atomic mass is 9.94. The Kier molecular flexibility index (Phi) is 8.36. The van der Waals surface area contributed by atoms with Gasteiger partial charge in [0.25, 0.3) is 0 Å².